The zero-order chi connectivity index (χ0) is 43.9. The Bertz CT molecular complexity index is 2500. The van der Waals surface area contributed by atoms with Crippen LogP contribution in [0.2, 0.25) is 5.02 Å². The van der Waals surface area contributed by atoms with Crippen molar-refractivity contribution in [2.45, 2.75) is 105 Å². The third kappa shape index (κ3) is 10.3. The van der Waals surface area contributed by atoms with E-state index in [2.05, 4.69) is 210 Å². The minimum absolute atomic E-state index is 0.0373. The van der Waals surface area contributed by atoms with Gasteiger partial charge in [0.1, 0.15) is 10.1 Å². The van der Waals surface area contributed by atoms with E-state index < -0.39 is 0 Å². The van der Waals surface area contributed by atoms with Crippen LogP contribution in [0.15, 0.2) is 137 Å². The van der Waals surface area contributed by atoms with Crippen molar-refractivity contribution in [2.24, 2.45) is 9.98 Å². The summed E-state index contributed by atoms with van der Waals surface area (Å²) in [7, 11) is 0. The first-order chi connectivity index (χ1) is 28.7. The van der Waals surface area contributed by atoms with Crippen LogP contribution < -0.4 is 0 Å². The first kappa shape index (κ1) is 44.7. The zero-order valence-corrected chi connectivity index (χ0v) is 40.5. The average molecular weight is 862 g/mol. The molecule has 0 atom stereocenters. The number of aliphatic imine (C=N–C) groups is 2. The molecule has 0 saturated carbocycles. The van der Waals surface area contributed by atoms with Crippen molar-refractivity contribution in [3.8, 4) is 44.5 Å². The Hall–Kier alpha value is -4.35. The second kappa shape index (κ2) is 17.4. The van der Waals surface area contributed by atoms with E-state index in [0.29, 0.717) is 5.02 Å². The van der Waals surface area contributed by atoms with Crippen molar-refractivity contribution in [3.05, 3.63) is 155 Å². The molecule has 1 saturated heterocycles. The maximum Gasteiger partial charge on any atom is 0.129 e. The van der Waals surface area contributed by atoms with Crippen LogP contribution in [0, 0.1) is 0 Å². The van der Waals surface area contributed by atoms with Crippen molar-refractivity contribution in [1.82, 2.24) is 0 Å². The Morgan fingerprint density at radius 3 is 1.07 bits per heavy atom. The van der Waals surface area contributed by atoms with Crippen LogP contribution in [-0.2, 0) is 21.7 Å². The second-order valence-corrected chi connectivity index (χ2v) is 23.0. The zero-order valence-electron chi connectivity index (χ0n) is 38.1. The van der Waals surface area contributed by atoms with E-state index in [0.717, 1.165) is 77.5 Å². The molecule has 61 heavy (non-hydrogen) atoms. The van der Waals surface area contributed by atoms with Gasteiger partial charge in [-0.15, -0.1) is 23.5 Å². The molecule has 1 aliphatic rings. The molecular weight excluding hydrogens is 800 g/mol. The molecule has 0 bridgehead atoms. The molecule has 7 rings (SSSR count). The molecule has 5 heteroatoms. The van der Waals surface area contributed by atoms with Crippen LogP contribution in [0.25, 0.3) is 44.5 Å². The highest BCUT2D eigenvalue weighted by atomic mass is 35.5. The summed E-state index contributed by atoms with van der Waals surface area (Å²) in [5.41, 5.74) is 15.9. The molecule has 1 fully saturated rings. The highest BCUT2D eigenvalue weighted by Gasteiger charge is 2.24. The number of rotatable bonds is 6. The summed E-state index contributed by atoms with van der Waals surface area (Å²) in [6.45, 7) is 27.1. The van der Waals surface area contributed by atoms with Crippen LogP contribution in [0.1, 0.15) is 105 Å². The lowest BCUT2D eigenvalue weighted by atomic mass is 9.85. The Kier molecular flexibility index (Phi) is 12.8. The van der Waals surface area contributed by atoms with Gasteiger partial charge in [-0.2, -0.15) is 0 Å². The van der Waals surface area contributed by atoms with Gasteiger partial charge in [0.05, 0.1) is 16.4 Å². The molecule has 314 valence electrons. The third-order valence-corrected chi connectivity index (χ3v) is 14.1. The van der Waals surface area contributed by atoms with Gasteiger partial charge in [0.25, 0.3) is 0 Å². The van der Waals surface area contributed by atoms with Crippen molar-refractivity contribution in [1.29, 1.82) is 0 Å². The summed E-state index contributed by atoms with van der Waals surface area (Å²) in [6.07, 6.45) is 0. The second-order valence-electron chi connectivity index (χ2n) is 20.4. The summed E-state index contributed by atoms with van der Waals surface area (Å²) in [5, 5.41) is 2.42. The van der Waals surface area contributed by atoms with Gasteiger partial charge in [-0.1, -0.05) is 210 Å². The van der Waals surface area contributed by atoms with Crippen LogP contribution in [0.3, 0.4) is 0 Å². The lowest BCUT2D eigenvalue weighted by Gasteiger charge is -2.22. The van der Waals surface area contributed by atoms with Crippen molar-refractivity contribution < 1.29 is 0 Å². The van der Waals surface area contributed by atoms with Gasteiger partial charge in [-0.3, -0.25) is 0 Å². The van der Waals surface area contributed by atoms with Gasteiger partial charge in [0, 0.05) is 28.2 Å². The van der Waals surface area contributed by atoms with Gasteiger partial charge >= 0.3 is 0 Å². The van der Waals surface area contributed by atoms with Gasteiger partial charge in [0.15, 0.2) is 0 Å². The molecule has 6 aromatic carbocycles. The molecule has 1 aliphatic heterocycles. The molecule has 0 N–H and O–H groups in total. The van der Waals surface area contributed by atoms with Crippen LogP contribution in [0.5, 0.6) is 0 Å². The Morgan fingerprint density at radius 2 is 0.705 bits per heavy atom. The minimum Gasteiger partial charge on any atom is -0.238 e. The van der Waals surface area contributed by atoms with E-state index >= 15 is 0 Å². The molecule has 0 aliphatic carbocycles. The largest absolute Gasteiger partial charge is 0.238 e. The Morgan fingerprint density at radius 1 is 0.377 bits per heavy atom. The van der Waals surface area contributed by atoms with E-state index in [-0.39, 0.29) is 21.7 Å². The van der Waals surface area contributed by atoms with E-state index in [4.69, 9.17) is 21.6 Å². The molecule has 0 unspecified atom stereocenters. The van der Waals surface area contributed by atoms with Gasteiger partial charge in [-0.05, 0) is 83.9 Å². The normalized spacial score (nSPS) is 15.4. The molecule has 0 radical (unpaired) electrons. The molecule has 6 aromatic rings. The van der Waals surface area contributed by atoms with Crippen LogP contribution >= 0.6 is 35.1 Å². The fourth-order valence-corrected chi connectivity index (χ4v) is 9.92. The molecule has 0 aromatic heterocycles. The number of halogens is 1. The number of nitrogens with zero attached hydrogens (tertiary/aromatic N) is 2. The van der Waals surface area contributed by atoms with Crippen molar-refractivity contribution in [2.75, 3.05) is 11.5 Å². The lowest BCUT2D eigenvalue weighted by molar-refractivity contribution is 0.590. The smallest absolute Gasteiger partial charge is 0.129 e. The van der Waals surface area contributed by atoms with Gasteiger partial charge in [-0.25, -0.2) is 9.98 Å². The van der Waals surface area contributed by atoms with E-state index in [1.807, 2.05) is 0 Å². The molecule has 2 nitrogen and oxygen atoms in total. The summed E-state index contributed by atoms with van der Waals surface area (Å²) in [5.74, 6) is 1.88. The first-order valence-corrected chi connectivity index (χ1v) is 23.9. The number of hydrogen-bond donors (Lipinski definition) is 0. The third-order valence-electron chi connectivity index (χ3n) is 11.5. The number of para-hydroxylation sites is 1. The topological polar surface area (TPSA) is 24.7 Å². The molecule has 0 amide bonds. The van der Waals surface area contributed by atoms with E-state index in [9.17, 15) is 0 Å². The number of benzene rings is 6. The summed E-state index contributed by atoms with van der Waals surface area (Å²) < 4.78 is 0. The highest BCUT2D eigenvalue weighted by molar-refractivity contribution is 8.27. The average Bonchev–Trinajstić information content (AvgIpc) is 3.21. The fourth-order valence-electron chi connectivity index (χ4n) is 7.60. The number of thioether (sulfide) groups is 2. The van der Waals surface area contributed by atoms with E-state index in [1.54, 1.807) is 23.5 Å². The monoisotopic (exact) mass is 860 g/mol. The molecule has 1 heterocycles. The predicted molar refractivity (Wildman–Crippen MR) is 274 cm³/mol. The summed E-state index contributed by atoms with van der Waals surface area (Å²) >= 11 is 10.9. The summed E-state index contributed by atoms with van der Waals surface area (Å²) in [4.78, 5) is 11.1. The van der Waals surface area contributed by atoms with Crippen LogP contribution in [-0.4, -0.2) is 21.6 Å². The molecule has 0 spiro atoms. The van der Waals surface area contributed by atoms with Gasteiger partial charge in [0.2, 0.25) is 0 Å². The van der Waals surface area contributed by atoms with Crippen molar-refractivity contribution >= 4 is 56.6 Å². The maximum absolute atomic E-state index is 7.41. The van der Waals surface area contributed by atoms with E-state index in [1.165, 1.54) is 22.3 Å². The van der Waals surface area contributed by atoms with Crippen molar-refractivity contribution in [3.63, 3.8) is 0 Å². The number of hydrogen-bond acceptors (Lipinski definition) is 4. The maximum atomic E-state index is 7.41. The molecular formula is C56H61ClN2S2. The fraction of sp³-hybridized carbons (Fsp3) is 0.321. The minimum atomic E-state index is 0.0373. The Balaban J connectivity index is 1.40. The standard InChI is InChI=1S/C56H61ClN2S2/c1-53(2,3)41-24-16-36(17-25-41)40-34-47(39-22-30-44(31-23-39)56(10,11)12)50(48(57)35-40)59-52-51(60-32-33-61-52)58-49-45(37-18-26-42(27-19-37)54(4,5)6)14-13-15-46(49)38-20-28-43(29-21-38)55(7,8)9/h13-31,34-35H,32-33H2,1-12H3. The van der Waals surface area contributed by atoms with Gasteiger partial charge < -0.3 is 0 Å². The quantitative estimate of drug-likeness (QED) is 0.167. The Labute approximate surface area is 379 Å². The lowest BCUT2D eigenvalue weighted by Crippen LogP contribution is -2.14. The SMILES string of the molecule is CC(C)(C)c1ccc(-c2cc(Cl)c(N=C3SCCSC3=Nc3c(-c4ccc(C(C)(C)C)cc4)cccc3-c3ccc(C(C)(C)C)cc3)c(-c3ccc(C(C)(C)C)cc3)c2)cc1. The summed E-state index contributed by atoms with van der Waals surface area (Å²) in [6, 6.07) is 46.8. The first-order valence-electron chi connectivity index (χ1n) is 21.5. The predicted octanol–water partition coefficient (Wildman–Crippen LogP) is 17.4. The van der Waals surface area contributed by atoms with Crippen LogP contribution in [0.4, 0.5) is 11.4 Å². The highest BCUT2D eigenvalue weighted by Crippen LogP contribution is 2.45.